The Balaban J connectivity index is 2.15. The molecule has 1 aromatic rings. The summed E-state index contributed by atoms with van der Waals surface area (Å²) in [6, 6.07) is 3.94. The molecular formula is C14H16FNO5. The van der Waals surface area contributed by atoms with Gasteiger partial charge in [0.05, 0.1) is 19.6 Å². The number of rotatable bonds is 6. The lowest BCUT2D eigenvalue weighted by Gasteiger charge is -2.40. The summed E-state index contributed by atoms with van der Waals surface area (Å²) in [5.74, 6) is -2.09. The third-order valence-electron chi connectivity index (χ3n) is 3.37. The van der Waals surface area contributed by atoms with Gasteiger partial charge < -0.3 is 19.9 Å². The van der Waals surface area contributed by atoms with Crippen LogP contribution in [0.2, 0.25) is 0 Å². The minimum atomic E-state index is -1.01. The molecule has 114 valence electrons. The highest BCUT2D eigenvalue weighted by molar-refractivity contribution is 5.94. The van der Waals surface area contributed by atoms with Crippen LogP contribution in [0.4, 0.5) is 4.39 Å². The highest BCUT2D eigenvalue weighted by Gasteiger charge is 2.41. The van der Waals surface area contributed by atoms with Crippen LogP contribution in [-0.2, 0) is 19.9 Å². The molecule has 7 heteroatoms. The van der Waals surface area contributed by atoms with Crippen LogP contribution in [-0.4, -0.2) is 43.9 Å². The summed E-state index contributed by atoms with van der Waals surface area (Å²) in [4.78, 5) is 22.3. The maximum Gasteiger partial charge on any atom is 0.305 e. The molecule has 0 radical (unpaired) electrons. The van der Waals surface area contributed by atoms with Gasteiger partial charge in [0.25, 0.3) is 5.91 Å². The number of carbonyl (C=O) groups excluding carboxylic acids is 1. The SMILES string of the molecule is COC1(c2cc(F)cc(C(=O)NCCC(=O)O)c2)COC1. The fourth-order valence-electron chi connectivity index (χ4n) is 2.06. The molecule has 0 bridgehead atoms. The zero-order valence-electron chi connectivity index (χ0n) is 11.5. The van der Waals surface area contributed by atoms with Gasteiger partial charge >= 0.3 is 5.97 Å². The first-order valence-corrected chi connectivity index (χ1v) is 6.41. The molecule has 6 nitrogen and oxygen atoms in total. The number of ether oxygens (including phenoxy) is 2. The fraction of sp³-hybridized carbons (Fsp3) is 0.429. The van der Waals surface area contributed by atoms with Crippen molar-refractivity contribution in [1.82, 2.24) is 5.32 Å². The Hall–Kier alpha value is -1.99. The van der Waals surface area contributed by atoms with E-state index in [1.807, 2.05) is 0 Å². The summed E-state index contributed by atoms with van der Waals surface area (Å²) in [5.41, 5.74) is -0.0728. The van der Waals surface area contributed by atoms with Crippen molar-refractivity contribution < 1.29 is 28.6 Å². The maximum atomic E-state index is 13.7. The Labute approximate surface area is 120 Å². The quantitative estimate of drug-likeness (QED) is 0.815. The summed E-state index contributed by atoms with van der Waals surface area (Å²) in [7, 11) is 1.50. The maximum absolute atomic E-state index is 13.7. The van der Waals surface area contributed by atoms with E-state index < -0.39 is 23.3 Å². The van der Waals surface area contributed by atoms with Gasteiger partial charge in [-0.3, -0.25) is 9.59 Å². The van der Waals surface area contributed by atoms with E-state index in [1.54, 1.807) is 0 Å². The third-order valence-corrected chi connectivity index (χ3v) is 3.37. The van der Waals surface area contributed by atoms with E-state index in [0.29, 0.717) is 18.8 Å². The summed E-state index contributed by atoms with van der Waals surface area (Å²) < 4.78 is 24.2. The van der Waals surface area contributed by atoms with Gasteiger partial charge in [-0.15, -0.1) is 0 Å². The first kappa shape index (κ1) is 15.4. The molecule has 1 aliphatic rings. The molecule has 0 saturated carbocycles. The Bertz CT molecular complexity index is 551. The van der Waals surface area contributed by atoms with E-state index in [9.17, 15) is 14.0 Å². The van der Waals surface area contributed by atoms with E-state index in [2.05, 4.69) is 5.32 Å². The molecule has 0 spiro atoms. The van der Waals surface area contributed by atoms with Crippen molar-refractivity contribution in [2.45, 2.75) is 12.0 Å². The lowest BCUT2D eigenvalue weighted by atomic mass is 9.90. The van der Waals surface area contributed by atoms with Gasteiger partial charge in [-0.05, 0) is 23.8 Å². The number of carboxylic acids is 1. The number of halogens is 1. The molecule has 0 aliphatic carbocycles. The predicted molar refractivity (Wildman–Crippen MR) is 70.5 cm³/mol. The number of methoxy groups -OCH3 is 1. The third kappa shape index (κ3) is 3.37. The van der Waals surface area contributed by atoms with Crippen LogP contribution in [0, 0.1) is 5.82 Å². The standard InChI is InChI=1S/C14H16FNO5/c1-20-14(7-21-8-14)10-4-9(5-11(15)6-10)13(19)16-3-2-12(17)18/h4-6H,2-3,7-8H2,1H3,(H,16,19)(H,17,18). The molecular weight excluding hydrogens is 281 g/mol. The van der Waals surface area contributed by atoms with Gasteiger partial charge in [0.1, 0.15) is 11.4 Å². The Kier molecular flexibility index (Phi) is 4.54. The molecule has 1 aromatic carbocycles. The lowest BCUT2D eigenvalue weighted by Crippen LogP contribution is -2.48. The normalized spacial score (nSPS) is 16.1. The molecule has 2 rings (SSSR count). The zero-order valence-corrected chi connectivity index (χ0v) is 11.5. The van der Waals surface area contributed by atoms with Crippen molar-refractivity contribution in [3.63, 3.8) is 0 Å². The first-order chi connectivity index (χ1) is 9.97. The summed E-state index contributed by atoms with van der Waals surface area (Å²) in [5, 5.41) is 11.0. The molecule has 2 N–H and O–H groups in total. The van der Waals surface area contributed by atoms with Crippen LogP contribution in [0.15, 0.2) is 18.2 Å². The van der Waals surface area contributed by atoms with E-state index in [1.165, 1.54) is 19.2 Å². The van der Waals surface area contributed by atoms with Crippen molar-refractivity contribution in [2.75, 3.05) is 26.9 Å². The second kappa shape index (κ2) is 6.19. The molecule has 1 aliphatic heterocycles. The van der Waals surface area contributed by atoms with E-state index in [0.717, 1.165) is 6.07 Å². The Morgan fingerprint density at radius 2 is 2.14 bits per heavy atom. The Morgan fingerprint density at radius 1 is 1.43 bits per heavy atom. The smallest absolute Gasteiger partial charge is 0.305 e. The minimum absolute atomic E-state index is 0.0153. The van der Waals surface area contributed by atoms with Crippen molar-refractivity contribution in [1.29, 1.82) is 0 Å². The van der Waals surface area contributed by atoms with Gasteiger partial charge in [0, 0.05) is 19.2 Å². The van der Waals surface area contributed by atoms with Crippen LogP contribution in [0.25, 0.3) is 0 Å². The van der Waals surface area contributed by atoms with Gasteiger partial charge in [-0.1, -0.05) is 0 Å². The number of benzene rings is 1. The Morgan fingerprint density at radius 3 is 2.67 bits per heavy atom. The van der Waals surface area contributed by atoms with Crippen LogP contribution in [0.1, 0.15) is 22.3 Å². The lowest BCUT2D eigenvalue weighted by molar-refractivity contribution is -0.202. The van der Waals surface area contributed by atoms with Crippen LogP contribution in [0.3, 0.4) is 0 Å². The molecule has 0 unspecified atom stereocenters. The number of hydrogen-bond donors (Lipinski definition) is 2. The monoisotopic (exact) mass is 297 g/mol. The van der Waals surface area contributed by atoms with Crippen molar-refractivity contribution >= 4 is 11.9 Å². The highest BCUT2D eigenvalue weighted by Crippen LogP contribution is 2.33. The fourth-order valence-corrected chi connectivity index (χ4v) is 2.06. The molecule has 1 heterocycles. The molecule has 0 aromatic heterocycles. The van der Waals surface area contributed by atoms with E-state index in [4.69, 9.17) is 14.6 Å². The number of hydrogen-bond acceptors (Lipinski definition) is 4. The van der Waals surface area contributed by atoms with Gasteiger partial charge in [-0.2, -0.15) is 0 Å². The number of carboxylic acid groups (broad SMARTS) is 1. The molecule has 0 atom stereocenters. The highest BCUT2D eigenvalue weighted by atomic mass is 19.1. The summed E-state index contributed by atoms with van der Waals surface area (Å²) in [6.45, 7) is 0.582. The van der Waals surface area contributed by atoms with Crippen LogP contribution < -0.4 is 5.32 Å². The zero-order chi connectivity index (χ0) is 15.5. The number of nitrogens with one attached hydrogen (secondary N) is 1. The molecule has 21 heavy (non-hydrogen) atoms. The average Bonchev–Trinajstić information content (AvgIpc) is 2.37. The number of carbonyl (C=O) groups is 2. The largest absolute Gasteiger partial charge is 0.481 e. The summed E-state index contributed by atoms with van der Waals surface area (Å²) >= 11 is 0. The van der Waals surface area contributed by atoms with Gasteiger partial charge in [0.2, 0.25) is 0 Å². The minimum Gasteiger partial charge on any atom is -0.481 e. The molecule has 1 amide bonds. The molecule has 1 saturated heterocycles. The van der Waals surface area contributed by atoms with Crippen LogP contribution >= 0.6 is 0 Å². The summed E-state index contributed by atoms with van der Waals surface area (Å²) in [6.07, 6.45) is -0.191. The molecule has 1 fully saturated rings. The number of aliphatic carboxylic acids is 1. The van der Waals surface area contributed by atoms with E-state index in [-0.39, 0.29) is 18.5 Å². The topological polar surface area (TPSA) is 84.9 Å². The first-order valence-electron chi connectivity index (χ1n) is 6.41. The predicted octanol–water partition coefficient (Wildman–Crippen LogP) is 0.902. The van der Waals surface area contributed by atoms with Crippen molar-refractivity contribution in [3.05, 3.63) is 35.1 Å². The second-order valence-corrected chi connectivity index (χ2v) is 4.82. The second-order valence-electron chi connectivity index (χ2n) is 4.82. The average molecular weight is 297 g/mol. The van der Waals surface area contributed by atoms with E-state index >= 15 is 0 Å². The van der Waals surface area contributed by atoms with Gasteiger partial charge in [0.15, 0.2) is 0 Å². The van der Waals surface area contributed by atoms with Crippen LogP contribution in [0.5, 0.6) is 0 Å². The number of amides is 1. The van der Waals surface area contributed by atoms with Gasteiger partial charge in [-0.25, -0.2) is 4.39 Å². The van der Waals surface area contributed by atoms with Crippen molar-refractivity contribution in [2.24, 2.45) is 0 Å². The van der Waals surface area contributed by atoms with Crippen molar-refractivity contribution in [3.8, 4) is 0 Å².